The molecule has 0 saturated heterocycles. The van der Waals surface area contributed by atoms with Gasteiger partial charge in [-0.15, -0.1) is 22.7 Å². The number of alkyl halides is 6. The number of likely N-dealkylation sites (N-methyl/N-ethyl adjacent to an activating group) is 2. The number of ether oxygens (including phenoxy) is 3. The molecule has 4 aromatic carbocycles. The summed E-state index contributed by atoms with van der Waals surface area (Å²) in [6.45, 7) is 2.82. The molecule has 6 aromatic rings. The molecule has 12 nitrogen and oxygen atoms in total. The maximum Gasteiger partial charge on any atom is 0.426 e. The molecule has 0 spiro atoms. The molecule has 20 heteroatoms. The molecular weight excluding hydrogens is 987 g/mol. The quantitative estimate of drug-likeness (QED) is 0.0696. The Morgan fingerprint density at radius 3 is 1.40 bits per heavy atom. The van der Waals surface area contributed by atoms with Crippen molar-refractivity contribution in [2.45, 2.75) is 45.3 Å². The highest BCUT2D eigenvalue weighted by molar-refractivity contribution is 7.13. The number of benzene rings is 4. The average molecular weight is 1040 g/mol. The fraction of sp³-hybridized carbons (Fsp3) is 0.308. The van der Waals surface area contributed by atoms with Gasteiger partial charge < -0.3 is 29.1 Å². The summed E-state index contributed by atoms with van der Waals surface area (Å²) in [5.41, 5.74) is 4.60. The van der Waals surface area contributed by atoms with Gasteiger partial charge in [0.15, 0.2) is 0 Å². The van der Waals surface area contributed by atoms with Crippen molar-refractivity contribution in [3.63, 3.8) is 0 Å². The maximum atomic E-state index is 13.6. The molecule has 72 heavy (non-hydrogen) atoms. The zero-order valence-corrected chi connectivity index (χ0v) is 41.0. The van der Waals surface area contributed by atoms with E-state index in [2.05, 4.69) is 0 Å². The summed E-state index contributed by atoms with van der Waals surface area (Å²) in [7, 11) is 3.25. The van der Waals surface area contributed by atoms with Crippen LogP contribution in [0.25, 0.3) is 22.3 Å². The Kier molecular flexibility index (Phi) is 17.1. The number of nitrogens with zero attached hydrogens (tertiary/aromatic N) is 4. The van der Waals surface area contributed by atoms with E-state index in [1.165, 1.54) is 17.0 Å². The van der Waals surface area contributed by atoms with Gasteiger partial charge in [-0.05, 0) is 105 Å². The fourth-order valence-corrected chi connectivity index (χ4v) is 10.2. The molecule has 0 atom stereocenters. The van der Waals surface area contributed by atoms with Crippen molar-refractivity contribution in [3.05, 3.63) is 140 Å². The van der Waals surface area contributed by atoms with E-state index >= 15 is 0 Å². The Morgan fingerprint density at radius 1 is 0.597 bits per heavy atom. The van der Waals surface area contributed by atoms with Crippen LogP contribution in [-0.2, 0) is 62.3 Å². The Bertz CT molecular complexity index is 2870. The van der Waals surface area contributed by atoms with Crippen LogP contribution in [0.4, 0.5) is 37.7 Å². The smallest absolute Gasteiger partial charge is 0.426 e. The van der Waals surface area contributed by atoms with Gasteiger partial charge in [0.05, 0.1) is 32.8 Å². The van der Waals surface area contributed by atoms with E-state index in [1.54, 1.807) is 127 Å². The first-order valence-electron chi connectivity index (χ1n) is 22.6. The number of carbonyl (C=O) groups is 4. The highest BCUT2D eigenvalue weighted by Gasteiger charge is 2.38. The summed E-state index contributed by atoms with van der Waals surface area (Å²) < 4.78 is 98.3. The van der Waals surface area contributed by atoms with E-state index < -0.39 is 28.1 Å². The minimum absolute atomic E-state index is 0.000661. The van der Waals surface area contributed by atoms with E-state index in [0.717, 1.165) is 22.5 Å². The lowest BCUT2D eigenvalue weighted by molar-refractivity contribution is -0.144. The van der Waals surface area contributed by atoms with Gasteiger partial charge >= 0.3 is 24.3 Å². The van der Waals surface area contributed by atoms with E-state index in [0.29, 0.717) is 81.0 Å². The minimum atomic E-state index is -4.46. The molecular formula is C52H50F6N4O8S2. The van der Waals surface area contributed by atoms with Crippen LogP contribution in [0.15, 0.2) is 109 Å². The van der Waals surface area contributed by atoms with Gasteiger partial charge in [-0.25, -0.2) is 0 Å². The topological polar surface area (TPSA) is 129 Å². The number of hydrogen-bond acceptors (Lipinski definition) is 11. The van der Waals surface area contributed by atoms with Gasteiger partial charge in [0.2, 0.25) is 11.8 Å². The zero-order valence-electron chi connectivity index (χ0n) is 39.3. The van der Waals surface area contributed by atoms with Gasteiger partial charge in [0, 0.05) is 45.3 Å². The van der Waals surface area contributed by atoms with Crippen molar-refractivity contribution in [3.8, 4) is 33.8 Å². The van der Waals surface area contributed by atoms with Crippen LogP contribution in [0.5, 0.6) is 11.5 Å². The monoisotopic (exact) mass is 1040 g/mol. The third-order valence-corrected chi connectivity index (χ3v) is 13.7. The number of fused-ring (bicyclic) bond motifs is 2. The predicted octanol–water partition coefficient (Wildman–Crippen LogP) is 10.3. The molecule has 0 fully saturated rings. The Hall–Kier alpha value is -6.74. The number of carbonyl (C=O) groups excluding carboxylic acids is 3. The number of hydrogen-bond donors (Lipinski definition) is 1. The van der Waals surface area contributed by atoms with Crippen LogP contribution in [0.1, 0.15) is 37.6 Å². The van der Waals surface area contributed by atoms with E-state index in [4.69, 9.17) is 19.3 Å². The van der Waals surface area contributed by atoms with Crippen molar-refractivity contribution < 1.29 is 64.8 Å². The molecule has 0 aliphatic carbocycles. The largest absolute Gasteiger partial charge is 0.488 e. The minimum Gasteiger partial charge on any atom is -0.488 e. The summed E-state index contributed by atoms with van der Waals surface area (Å²) in [4.78, 5) is 53.8. The lowest BCUT2D eigenvalue weighted by Crippen LogP contribution is -2.40. The summed E-state index contributed by atoms with van der Waals surface area (Å²) >= 11 is 1.35. The first-order valence-corrected chi connectivity index (χ1v) is 24.3. The summed E-state index contributed by atoms with van der Waals surface area (Å²) in [6.07, 6.45) is -7.68. The summed E-state index contributed by atoms with van der Waals surface area (Å²) in [6, 6.07) is 30.5. The molecule has 0 unspecified atom stereocenters. The van der Waals surface area contributed by atoms with Gasteiger partial charge in [-0.2, -0.15) is 26.3 Å². The molecule has 0 bridgehead atoms. The van der Waals surface area contributed by atoms with Gasteiger partial charge in [-0.1, -0.05) is 60.7 Å². The first-order chi connectivity index (χ1) is 34.3. The van der Waals surface area contributed by atoms with Crippen molar-refractivity contribution in [2.24, 2.45) is 0 Å². The first kappa shape index (κ1) is 53.1. The van der Waals surface area contributed by atoms with Crippen LogP contribution >= 0.6 is 22.7 Å². The lowest BCUT2D eigenvalue weighted by Gasteiger charge is -2.21. The second-order valence-corrected chi connectivity index (χ2v) is 19.2. The molecule has 2 aromatic heterocycles. The number of carboxylic acid groups (broad SMARTS) is 1. The number of halogens is 6. The van der Waals surface area contributed by atoms with Crippen molar-refractivity contribution >= 4 is 57.8 Å². The van der Waals surface area contributed by atoms with E-state index in [1.807, 2.05) is 6.07 Å². The highest BCUT2D eigenvalue weighted by atomic mass is 32.1. The number of thiophene rings is 2. The van der Waals surface area contributed by atoms with Crippen molar-refractivity contribution in [1.29, 1.82) is 0 Å². The second kappa shape index (κ2) is 23.2. The zero-order chi connectivity index (χ0) is 51.7. The Balaban J connectivity index is 0.000000212. The number of rotatable bonds is 17. The molecule has 4 heterocycles. The van der Waals surface area contributed by atoms with Crippen LogP contribution in [0.3, 0.4) is 0 Å². The standard InChI is InChI=1S/C27H27F3N2O4S.C25H23F3N2O4S/c1-3-35-25(34)16-31(2)15-24(33)32-12-11-19-13-20(9-10-23(19)32)36-17-21-14-22(18-7-5-4-6-8-18)26(37-21)27(28,29)30;1-29(14-23(32)33)13-22(31)30-10-9-17-11-18(7-8-21(17)30)34-15-19-12-20(16-5-3-2-4-6-16)24(35-19)25(26,27)28/h4-10,13-14H,3,11-12,15-17H2,1-2H3;2-8,11-12H,9-10,13-15H2,1H3,(H,32,33). The van der Waals surface area contributed by atoms with Crippen molar-refractivity contribution in [1.82, 2.24) is 9.80 Å². The van der Waals surface area contributed by atoms with E-state index in [9.17, 15) is 45.5 Å². The lowest BCUT2D eigenvalue weighted by atomic mass is 10.1. The molecule has 0 radical (unpaired) electrons. The highest BCUT2D eigenvalue weighted by Crippen LogP contribution is 2.45. The number of esters is 1. The summed E-state index contributed by atoms with van der Waals surface area (Å²) in [5, 5.41) is 8.86. The Labute approximate surface area is 419 Å². The number of amides is 2. The van der Waals surface area contributed by atoms with Crippen LogP contribution in [-0.4, -0.2) is 98.6 Å². The third kappa shape index (κ3) is 13.6. The maximum absolute atomic E-state index is 13.6. The predicted molar refractivity (Wildman–Crippen MR) is 262 cm³/mol. The average Bonchev–Trinajstić information content (AvgIpc) is 4.15. The van der Waals surface area contributed by atoms with Gasteiger partial charge in [-0.3, -0.25) is 29.0 Å². The molecule has 2 amide bonds. The normalized spacial score (nSPS) is 13.2. The number of aliphatic carboxylic acids is 1. The van der Waals surface area contributed by atoms with Crippen molar-refractivity contribution in [2.75, 3.05) is 69.8 Å². The molecule has 1 N–H and O–H groups in total. The van der Waals surface area contributed by atoms with Crippen LogP contribution in [0.2, 0.25) is 0 Å². The van der Waals surface area contributed by atoms with Crippen LogP contribution in [0, 0.1) is 0 Å². The SMILES string of the molecule is CCOC(=O)CN(C)CC(=O)N1CCc2cc(OCc3cc(-c4ccccc4)c(C(F)(F)F)s3)ccc21.CN(CC(=O)O)CC(=O)N1CCc2cc(OCc3cc(-c4ccccc4)c(C(F)(F)F)s3)ccc21. The Morgan fingerprint density at radius 2 is 1.01 bits per heavy atom. The van der Waals surface area contributed by atoms with Crippen LogP contribution < -0.4 is 19.3 Å². The number of carboxylic acids is 1. The molecule has 0 saturated carbocycles. The van der Waals surface area contributed by atoms with Gasteiger partial charge in [0.25, 0.3) is 0 Å². The fourth-order valence-electron chi connectivity index (χ4n) is 8.28. The molecule has 2 aliphatic heterocycles. The molecule has 8 rings (SSSR count). The van der Waals surface area contributed by atoms with E-state index in [-0.39, 0.29) is 74.9 Å². The third-order valence-electron chi connectivity index (χ3n) is 11.4. The molecule has 2 aliphatic rings. The number of anilines is 2. The van der Waals surface area contributed by atoms with Gasteiger partial charge in [0.1, 0.15) is 34.5 Å². The second-order valence-electron chi connectivity index (χ2n) is 16.9. The molecule has 380 valence electrons. The summed E-state index contributed by atoms with van der Waals surface area (Å²) in [5.74, 6) is -0.697.